The molecule has 1 aromatic heterocycles. The Kier molecular flexibility index (Phi) is 3.93. The molecule has 0 aliphatic carbocycles. The highest BCUT2D eigenvalue weighted by molar-refractivity contribution is 5.31. The van der Waals surface area contributed by atoms with Crippen molar-refractivity contribution in [2.24, 2.45) is 7.05 Å². The average molecular weight is 230 g/mol. The second-order valence-corrected chi connectivity index (χ2v) is 5.00. The summed E-state index contributed by atoms with van der Waals surface area (Å²) in [6.07, 6.45) is 7.07. The Labute approximate surface area is 103 Å². The highest BCUT2D eigenvalue weighted by Crippen LogP contribution is 2.27. The molecule has 0 aromatic carbocycles. The summed E-state index contributed by atoms with van der Waals surface area (Å²) in [5.74, 6) is 2.48. The molecule has 4 heteroatoms. The van der Waals surface area contributed by atoms with E-state index in [-0.39, 0.29) is 5.41 Å². The van der Waals surface area contributed by atoms with Gasteiger partial charge in [-0.2, -0.15) is 10.4 Å². The minimum atomic E-state index is -0.408. The standard InChI is InChI=1S/C13H18N4/c1-6-7-15-11(8-14)10-9-17(5)16-12(10)13(2,3)4/h1,9,11,15H,7H2,2-5H3. The Morgan fingerprint density at radius 3 is 2.71 bits per heavy atom. The molecule has 4 nitrogen and oxygen atoms in total. The summed E-state index contributed by atoms with van der Waals surface area (Å²) in [5, 5.41) is 16.6. The minimum Gasteiger partial charge on any atom is -0.287 e. The molecular formula is C13H18N4. The van der Waals surface area contributed by atoms with E-state index in [1.165, 1.54) is 0 Å². The van der Waals surface area contributed by atoms with E-state index in [1.807, 2.05) is 13.2 Å². The third-order valence-corrected chi connectivity index (χ3v) is 2.42. The van der Waals surface area contributed by atoms with Crippen LogP contribution < -0.4 is 5.32 Å². The van der Waals surface area contributed by atoms with Crippen molar-refractivity contribution in [2.45, 2.75) is 32.2 Å². The van der Waals surface area contributed by atoms with Crippen molar-refractivity contribution in [2.75, 3.05) is 6.54 Å². The number of nitriles is 1. The van der Waals surface area contributed by atoms with Gasteiger partial charge < -0.3 is 0 Å². The number of hydrogen-bond donors (Lipinski definition) is 1. The SMILES string of the molecule is C#CCNC(C#N)c1cn(C)nc1C(C)(C)C. The zero-order valence-electron chi connectivity index (χ0n) is 10.8. The van der Waals surface area contributed by atoms with Gasteiger partial charge in [-0.3, -0.25) is 10.00 Å². The van der Waals surface area contributed by atoms with Crippen LogP contribution in [0.25, 0.3) is 0 Å². The number of terminal acetylenes is 1. The van der Waals surface area contributed by atoms with Gasteiger partial charge in [-0.05, 0) is 0 Å². The molecule has 0 saturated carbocycles. The molecule has 1 unspecified atom stereocenters. The maximum atomic E-state index is 9.19. The van der Waals surface area contributed by atoms with E-state index in [0.717, 1.165) is 11.3 Å². The maximum Gasteiger partial charge on any atom is 0.125 e. The summed E-state index contributed by atoms with van der Waals surface area (Å²) in [7, 11) is 1.86. The van der Waals surface area contributed by atoms with Gasteiger partial charge in [-0.15, -0.1) is 6.42 Å². The molecule has 0 radical (unpaired) electrons. The normalized spacial score (nSPS) is 12.8. The molecule has 1 heterocycles. The van der Waals surface area contributed by atoms with Gasteiger partial charge >= 0.3 is 0 Å². The van der Waals surface area contributed by atoms with Crippen LogP contribution in [0.3, 0.4) is 0 Å². The fraction of sp³-hybridized carbons (Fsp3) is 0.538. The van der Waals surface area contributed by atoms with Crippen molar-refractivity contribution >= 4 is 0 Å². The lowest BCUT2D eigenvalue weighted by Crippen LogP contribution is -2.24. The Balaban J connectivity index is 3.12. The molecule has 0 spiro atoms. The van der Waals surface area contributed by atoms with E-state index in [0.29, 0.717) is 6.54 Å². The first-order chi connectivity index (χ1) is 7.90. The summed E-state index contributed by atoms with van der Waals surface area (Å²) in [6, 6.07) is 1.81. The van der Waals surface area contributed by atoms with Crippen LogP contribution in [0.4, 0.5) is 0 Å². The van der Waals surface area contributed by atoms with Crippen LogP contribution in [0.5, 0.6) is 0 Å². The molecule has 1 aromatic rings. The molecule has 90 valence electrons. The molecule has 0 aliphatic heterocycles. The van der Waals surface area contributed by atoms with E-state index in [9.17, 15) is 5.26 Å². The van der Waals surface area contributed by atoms with E-state index in [2.05, 4.69) is 43.2 Å². The zero-order chi connectivity index (χ0) is 13.1. The quantitative estimate of drug-likeness (QED) is 0.801. The van der Waals surface area contributed by atoms with Gasteiger partial charge in [-0.25, -0.2) is 0 Å². The number of nitrogens with one attached hydrogen (secondary N) is 1. The molecule has 0 fully saturated rings. The van der Waals surface area contributed by atoms with Crippen LogP contribution in [0.1, 0.15) is 38.1 Å². The predicted molar refractivity (Wildman–Crippen MR) is 67.1 cm³/mol. The first-order valence-electron chi connectivity index (χ1n) is 5.50. The molecular weight excluding hydrogens is 212 g/mol. The highest BCUT2D eigenvalue weighted by Gasteiger charge is 2.26. The number of aryl methyl sites for hydroxylation is 1. The summed E-state index contributed by atoms with van der Waals surface area (Å²) in [6.45, 7) is 6.61. The van der Waals surface area contributed by atoms with Crippen LogP contribution in [0, 0.1) is 23.7 Å². The highest BCUT2D eigenvalue weighted by atomic mass is 15.3. The number of rotatable bonds is 3. The van der Waals surface area contributed by atoms with Gasteiger partial charge in [0.15, 0.2) is 0 Å². The van der Waals surface area contributed by atoms with Crippen molar-refractivity contribution in [1.82, 2.24) is 15.1 Å². The van der Waals surface area contributed by atoms with Gasteiger partial charge in [0.25, 0.3) is 0 Å². The van der Waals surface area contributed by atoms with Crippen molar-refractivity contribution in [3.63, 3.8) is 0 Å². The topological polar surface area (TPSA) is 53.6 Å². The summed E-state index contributed by atoms with van der Waals surface area (Å²) in [4.78, 5) is 0. The Morgan fingerprint density at radius 1 is 1.59 bits per heavy atom. The Morgan fingerprint density at radius 2 is 2.24 bits per heavy atom. The van der Waals surface area contributed by atoms with E-state index >= 15 is 0 Å². The first-order valence-corrected chi connectivity index (χ1v) is 5.50. The average Bonchev–Trinajstić information content (AvgIpc) is 2.61. The van der Waals surface area contributed by atoms with Crippen molar-refractivity contribution < 1.29 is 0 Å². The number of hydrogen-bond acceptors (Lipinski definition) is 3. The largest absolute Gasteiger partial charge is 0.287 e. The number of nitrogens with zero attached hydrogens (tertiary/aromatic N) is 3. The predicted octanol–water partition coefficient (Wildman–Crippen LogP) is 1.51. The number of aromatic nitrogens is 2. The van der Waals surface area contributed by atoms with Gasteiger partial charge in [0, 0.05) is 24.2 Å². The molecule has 1 atom stereocenters. The van der Waals surface area contributed by atoms with Crippen LogP contribution in [-0.2, 0) is 12.5 Å². The smallest absolute Gasteiger partial charge is 0.125 e. The van der Waals surface area contributed by atoms with Crippen molar-refractivity contribution in [3.05, 3.63) is 17.5 Å². The molecule has 1 N–H and O–H groups in total. The van der Waals surface area contributed by atoms with Gasteiger partial charge in [0.05, 0.1) is 18.3 Å². The molecule has 0 saturated heterocycles. The fourth-order valence-electron chi connectivity index (χ4n) is 1.69. The summed E-state index contributed by atoms with van der Waals surface area (Å²) < 4.78 is 1.73. The summed E-state index contributed by atoms with van der Waals surface area (Å²) >= 11 is 0. The third-order valence-electron chi connectivity index (χ3n) is 2.42. The lowest BCUT2D eigenvalue weighted by atomic mass is 9.88. The second-order valence-electron chi connectivity index (χ2n) is 5.00. The fourth-order valence-corrected chi connectivity index (χ4v) is 1.69. The van der Waals surface area contributed by atoms with Crippen LogP contribution in [-0.4, -0.2) is 16.3 Å². The second kappa shape index (κ2) is 5.03. The van der Waals surface area contributed by atoms with Crippen molar-refractivity contribution in [1.29, 1.82) is 5.26 Å². The van der Waals surface area contributed by atoms with Crippen LogP contribution in [0.15, 0.2) is 6.20 Å². The molecule has 0 amide bonds. The minimum absolute atomic E-state index is 0.0937. The lowest BCUT2D eigenvalue weighted by molar-refractivity contribution is 0.540. The molecule has 1 rings (SSSR count). The van der Waals surface area contributed by atoms with E-state index in [1.54, 1.807) is 4.68 Å². The van der Waals surface area contributed by atoms with Crippen LogP contribution in [0.2, 0.25) is 0 Å². The maximum absolute atomic E-state index is 9.19. The Hall–Kier alpha value is -1.78. The Bertz CT molecular complexity index is 465. The molecule has 0 bridgehead atoms. The van der Waals surface area contributed by atoms with Crippen LogP contribution >= 0.6 is 0 Å². The molecule has 0 aliphatic rings. The third kappa shape index (κ3) is 3.09. The van der Waals surface area contributed by atoms with Crippen molar-refractivity contribution in [3.8, 4) is 18.4 Å². The monoisotopic (exact) mass is 230 g/mol. The van der Waals surface area contributed by atoms with Gasteiger partial charge in [0.2, 0.25) is 0 Å². The van der Waals surface area contributed by atoms with Gasteiger partial charge in [0.1, 0.15) is 6.04 Å². The molecule has 17 heavy (non-hydrogen) atoms. The zero-order valence-corrected chi connectivity index (χ0v) is 10.8. The van der Waals surface area contributed by atoms with E-state index < -0.39 is 6.04 Å². The van der Waals surface area contributed by atoms with Gasteiger partial charge in [-0.1, -0.05) is 26.7 Å². The van der Waals surface area contributed by atoms with E-state index in [4.69, 9.17) is 6.42 Å². The first kappa shape index (κ1) is 13.3. The lowest BCUT2D eigenvalue weighted by Gasteiger charge is -2.19. The summed E-state index contributed by atoms with van der Waals surface area (Å²) in [5.41, 5.74) is 1.73.